The lowest BCUT2D eigenvalue weighted by Gasteiger charge is -2.41. The molecule has 4 fully saturated rings. The molecule has 6 aromatic rings. The third-order valence-corrected chi connectivity index (χ3v) is 15.4. The summed E-state index contributed by atoms with van der Waals surface area (Å²) in [6, 6.07) is 24.9. The van der Waals surface area contributed by atoms with Gasteiger partial charge in [-0.1, -0.05) is 81.4 Å². The molecule has 69 heavy (non-hydrogen) atoms. The predicted molar refractivity (Wildman–Crippen MR) is 257 cm³/mol. The summed E-state index contributed by atoms with van der Waals surface area (Å²) in [4.78, 5) is 63.6. The molecule has 11 rings (SSSR count). The lowest BCUT2D eigenvalue weighted by molar-refractivity contribution is -0.144. The van der Waals surface area contributed by atoms with E-state index in [0.29, 0.717) is 72.5 Å². The highest BCUT2D eigenvalue weighted by Crippen LogP contribution is 2.54. The number of imidazole rings is 2. The second kappa shape index (κ2) is 17.5. The maximum absolute atomic E-state index is 16.7. The molecular weight excluding hydrogens is 879 g/mol. The topological polar surface area (TPSA) is 149 Å². The summed E-state index contributed by atoms with van der Waals surface area (Å²) >= 11 is 0. The first kappa shape index (κ1) is 45.0. The molecule has 2 aliphatic heterocycles. The Bertz CT molecular complexity index is 2940. The number of carbonyl (C=O) groups is 3. The minimum absolute atomic E-state index is 0.0155. The van der Waals surface area contributed by atoms with Crippen molar-refractivity contribution in [1.82, 2.24) is 40.0 Å². The molecule has 15 heteroatoms. The second-order valence-corrected chi connectivity index (χ2v) is 20.4. The van der Waals surface area contributed by atoms with Gasteiger partial charge in [0.1, 0.15) is 23.7 Å². The van der Waals surface area contributed by atoms with Gasteiger partial charge in [0.15, 0.2) is 0 Å². The van der Waals surface area contributed by atoms with Crippen LogP contribution >= 0.6 is 0 Å². The fourth-order valence-corrected chi connectivity index (χ4v) is 11.4. The number of aromatic nitrogens is 4. The van der Waals surface area contributed by atoms with Gasteiger partial charge in [-0.05, 0) is 101 Å². The highest BCUT2D eigenvalue weighted by molar-refractivity contribution is 5.88. The highest BCUT2D eigenvalue weighted by atomic mass is 19.3. The predicted octanol–water partition coefficient (Wildman–Crippen LogP) is 9.38. The Morgan fingerprint density at radius 1 is 0.913 bits per heavy atom. The van der Waals surface area contributed by atoms with E-state index in [2.05, 4.69) is 37.0 Å². The van der Waals surface area contributed by atoms with E-state index in [1.54, 1.807) is 35.4 Å². The number of alkyl carbamates (subject to hydrolysis) is 1. The molecule has 2 bridgehead atoms. The first-order valence-corrected chi connectivity index (χ1v) is 24.3. The number of hydrogen-bond donors (Lipinski definition) is 3. The van der Waals surface area contributed by atoms with Gasteiger partial charge in [0.05, 0.1) is 55.8 Å². The van der Waals surface area contributed by atoms with E-state index in [1.165, 1.54) is 13.2 Å². The number of fused-ring (bicyclic) bond motifs is 6. The van der Waals surface area contributed by atoms with Crippen molar-refractivity contribution in [2.24, 2.45) is 17.3 Å². The van der Waals surface area contributed by atoms with Gasteiger partial charge in [-0.25, -0.2) is 14.8 Å². The molecule has 2 saturated carbocycles. The van der Waals surface area contributed by atoms with E-state index in [0.717, 1.165) is 60.1 Å². The molecule has 2 saturated heterocycles. The van der Waals surface area contributed by atoms with Crippen molar-refractivity contribution >= 4 is 28.9 Å². The number of H-pyrrole nitrogens is 2. The standard InChI is InChI=1S/C54H58F2N8O5/c1-31(2)45(61-52(67)68-4)50(65)63(30-53(3)18-19-53)29-37-28-57-48(58-37)36-12-16-40-39-15-11-33(25-41(39)54(55,56)42(40)26-36)34-13-17-43-44(27-34)60-49(59-43)46-35-10-14-38(24-35)64(46)51(66)47(32-8-6-5-7-9-32)62-20-22-69-23-21-62/h5-9,11-13,15-17,25-28,31,35,38,45-47H,10,14,18-24,29-30H2,1-4H3,(H,57,58)(H,59,60)(H,61,67)/t35-,38+,45?,46-,47+/m0/s1. The number of methoxy groups -OCH3 is 1. The molecule has 358 valence electrons. The van der Waals surface area contributed by atoms with Gasteiger partial charge in [0.25, 0.3) is 5.92 Å². The molecule has 0 radical (unpaired) electrons. The van der Waals surface area contributed by atoms with Crippen molar-refractivity contribution in [1.29, 1.82) is 0 Å². The van der Waals surface area contributed by atoms with Crippen LogP contribution in [0.3, 0.4) is 0 Å². The number of ether oxygens (including phenoxy) is 2. The molecule has 5 atom stereocenters. The summed E-state index contributed by atoms with van der Waals surface area (Å²) in [5, 5.41) is 2.69. The van der Waals surface area contributed by atoms with Crippen LogP contribution in [0.25, 0.3) is 44.7 Å². The zero-order valence-electron chi connectivity index (χ0n) is 39.4. The number of piperidine rings is 1. The van der Waals surface area contributed by atoms with Crippen molar-refractivity contribution in [3.63, 3.8) is 0 Å². The van der Waals surface area contributed by atoms with Crippen molar-refractivity contribution in [3.8, 4) is 33.6 Å². The number of carbonyl (C=O) groups excluding carboxylic acids is 3. The van der Waals surface area contributed by atoms with Crippen LogP contribution in [0.2, 0.25) is 0 Å². The zero-order chi connectivity index (χ0) is 47.8. The lowest BCUT2D eigenvalue weighted by Crippen LogP contribution is -2.52. The number of halogens is 2. The maximum Gasteiger partial charge on any atom is 0.407 e. The SMILES string of the molecule is COC(=O)NC(C(=O)N(Cc1cnc(-c2ccc3c(c2)C(F)(F)c2cc(-c4ccc5nc([C@@H]6[C@H]7CC[C@H](C7)N6C(=O)[C@@H](c6ccccc6)N6CCOCC6)[nH]c5c4)ccc2-3)[nH]1)CC1(C)CC1)C(C)C. The monoisotopic (exact) mass is 936 g/mol. The third kappa shape index (κ3) is 8.26. The fraction of sp³-hybridized carbons (Fsp3) is 0.426. The Balaban J connectivity index is 0.833. The van der Waals surface area contributed by atoms with Gasteiger partial charge in [-0.15, -0.1) is 0 Å². The van der Waals surface area contributed by atoms with Crippen LogP contribution in [0.5, 0.6) is 0 Å². The number of hydrogen-bond acceptors (Lipinski definition) is 8. The normalized spacial score (nSPS) is 21.8. The number of alkyl halides is 2. The first-order valence-electron chi connectivity index (χ1n) is 24.3. The van der Waals surface area contributed by atoms with E-state index in [-0.39, 0.29) is 52.9 Å². The molecule has 3 aliphatic carbocycles. The van der Waals surface area contributed by atoms with E-state index >= 15 is 8.78 Å². The smallest absolute Gasteiger partial charge is 0.407 e. The van der Waals surface area contributed by atoms with Crippen LogP contribution in [-0.2, 0) is 31.5 Å². The summed E-state index contributed by atoms with van der Waals surface area (Å²) in [5.74, 6) is -2.13. The van der Waals surface area contributed by atoms with Crippen LogP contribution in [0, 0.1) is 17.3 Å². The van der Waals surface area contributed by atoms with Crippen LogP contribution < -0.4 is 5.32 Å². The van der Waals surface area contributed by atoms with Crippen molar-refractivity contribution < 1.29 is 32.6 Å². The summed E-state index contributed by atoms with van der Waals surface area (Å²) < 4.78 is 43.9. The summed E-state index contributed by atoms with van der Waals surface area (Å²) in [5.41, 5.74) is 5.87. The highest BCUT2D eigenvalue weighted by Gasteiger charge is 2.52. The Labute approximate surface area is 400 Å². The minimum Gasteiger partial charge on any atom is -0.453 e. The number of nitrogens with zero attached hydrogens (tertiary/aromatic N) is 5. The largest absolute Gasteiger partial charge is 0.453 e. The number of likely N-dealkylation sites (tertiary alicyclic amines) is 1. The quantitative estimate of drug-likeness (QED) is 0.104. The van der Waals surface area contributed by atoms with Gasteiger partial charge in [-0.2, -0.15) is 8.78 Å². The molecule has 4 heterocycles. The van der Waals surface area contributed by atoms with Crippen LogP contribution in [0.15, 0.2) is 91.1 Å². The van der Waals surface area contributed by atoms with Crippen LogP contribution in [0.4, 0.5) is 13.6 Å². The van der Waals surface area contributed by atoms with Crippen molar-refractivity contribution in [2.45, 2.75) is 89.5 Å². The van der Waals surface area contributed by atoms with Crippen molar-refractivity contribution in [2.75, 3.05) is 40.0 Å². The number of aromatic amines is 2. The van der Waals surface area contributed by atoms with Crippen LogP contribution in [0.1, 0.15) is 93.2 Å². The molecule has 3 N–H and O–H groups in total. The summed E-state index contributed by atoms with van der Waals surface area (Å²) in [7, 11) is 1.27. The van der Waals surface area contributed by atoms with E-state index < -0.39 is 24.1 Å². The zero-order valence-corrected chi connectivity index (χ0v) is 39.4. The molecule has 13 nitrogen and oxygen atoms in total. The average Bonchev–Trinajstić information content (AvgIpc) is 3.93. The third-order valence-electron chi connectivity index (χ3n) is 15.4. The number of benzene rings is 4. The number of morpholine rings is 1. The number of nitrogens with one attached hydrogen (secondary N) is 3. The molecule has 2 aromatic heterocycles. The minimum atomic E-state index is -3.28. The van der Waals surface area contributed by atoms with Gasteiger partial charge >= 0.3 is 6.09 Å². The molecule has 5 aliphatic rings. The van der Waals surface area contributed by atoms with E-state index in [4.69, 9.17) is 14.5 Å². The van der Waals surface area contributed by atoms with Gasteiger partial charge in [-0.3, -0.25) is 14.5 Å². The van der Waals surface area contributed by atoms with Gasteiger partial charge in [0.2, 0.25) is 11.8 Å². The summed E-state index contributed by atoms with van der Waals surface area (Å²) in [6.07, 6.45) is 5.89. The maximum atomic E-state index is 16.7. The van der Waals surface area contributed by atoms with Crippen LogP contribution in [-0.4, -0.2) is 105 Å². The fourth-order valence-electron chi connectivity index (χ4n) is 11.4. The second-order valence-electron chi connectivity index (χ2n) is 20.4. The van der Waals surface area contributed by atoms with Gasteiger partial charge in [0, 0.05) is 42.4 Å². The summed E-state index contributed by atoms with van der Waals surface area (Å²) in [6.45, 7) is 9.13. The van der Waals surface area contributed by atoms with Crippen molar-refractivity contribution in [3.05, 3.63) is 119 Å². The Morgan fingerprint density at radius 3 is 2.32 bits per heavy atom. The molecule has 4 aromatic carbocycles. The molecule has 3 amide bonds. The molecule has 0 spiro atoms. The average molecular weight is 937 g/mol. The van der Waals surface area contributed by atoms with E-state index in [9.17, 15) is 14.4 Å². The van der Waals surface area contributed by atoms with Gasteiger partial charge < -0.3 is 34.6 Å². The number of rotatable bonds is 13. The van der Waals surface area contributed by atoms with E-state index in [1.807, 2.05) is 68.4 Å². The first-order chi connectivity index (χ1) is 33.3. The number of amides is 3. The lowest BCUT2D eigenvalue weighted by atomic mass is 9.95. The molecular formula is C54H58F2N8O5. The Kier molecular flexibility index (Phi) is 11.4. The Hall–Kier alpha value is -6.45. The molecule has 1 unspecified atom stereocenters. The Morgan fingerprint density at radius 2 is 1.61 bits per heavy atom.